The van der Waals surface area contributed by atoms with Gasteiger partial charge in [0.1, 0.15) is 0 Å². The molecule has 0 aromatic carbocycles. The summed E-state index contributed by atoms with van der Waals surface area (Å²) in [6.45, 7) is 7.07. The minimum Gasteiger partial charge on any atom is -0.391 e. The number of aliphatic hydroxyl groups is 1. The SMILES string of the molecule is CCCC(O)C(CC)N(C)C(C)COC. The molecule has 0 aliphatic rings. The molecule has 15 heavy (non-hydrogen) atoms. The fourth-order valence-corrected chi connectivity index (χ4v) is 2.01. The summed E-state index contributed by atoms with van der Waals surface area (Å²) in [4.78, 5) is 2.23. The number of hydrogen-bond donors (Lipinski definition) is 1. The molecule has 0 heterocycles. The lowest BCUT2D eigenvalue weighted by Crippen LogP contribution is -2.46. The second-order valence-corrected chi connectivity index (χ2v) is 4.30. The standard InChI is InChI=1S/C12H27NO2/c1-6-8-12(14)11(7-2)13(4)10(3)9-15-5/h10-12,14H,6-9H2,1-5H3. The van der Waals surface area contributed by atoms with Crippen molar-refractivity contribution in [2.45, 2.75) is 58.2 Å². The van der Waals surface area contributed by atoms with E-state index in [0.717, 1.165) is 19.3 Å². The van der Waals surface area contributed by atoms with Crippen LogP contribution in [0.2, 0.25) is 0 Å². The zero-order valence-electron chi connectivity index (χ0n) is 10.9. The van der Waals surface area contributed by atoms with Crippen LogP contribution in [0.15, 0.2) is 0 Å². The van der Waals surface area contributed by atoms with Gasteiger partial charge in [-0.05, 0) is 26.8 Å². The third kappa shape index (κ3) is 4.96. The summed E-state index contributed by atoms with van der Waals surface area (Å²) in [7, 11) is 3.78. The highest BCUT2D eigenvalue weighted by atomic mass is 16.5. The molecular formula is C12H27NO2. The summed E-state index contributed by atoms with van der Waals surface area (Å²) in [6.07, 6.45) is 2.67. The van der Waals surface area contributed by atoms with Crippen LogP contribution in [0.25, 0.3) is 0 Å². The summed E-state index contributed by atoms with van der Waals surface area (Å²) < 4.78 is 5.14. The van der Waals surface area contributed by atoms with E-state index in [4.69, 9.17) is 4.74 Å². The second kappa shape index (κ2) is 8.08. The van der Waals surface area contributed by atoms with Crippen molar-refractivity contribution in [1.82, 2.24) is 4.90 Å². The molecular weight excluding hydrogens is 190 g/mol. The Balaban J connectivity index is 4.24. The summed E-state index contributed by atoms with van der Waals surface area (Å²) >= 11 is 0. The predicted molar refractivity (Wildman–Crippen MR) is 64.1 cm³/mol. The summed E-state index contributed by atoms with van der Waals surface area (Å²) in [5, 5.41) is 10.0. The van der Waals surface area contributed by atoms with Crippen molar-refractivity contribution in [2.75, 3.05) is 20.8 Å². The predicted octanol–water partition coefficient (Wildman–Crippen LogP) is 1.89. The molecule has 0 aromatic rings. The fourth-order valence-electron chi connectivity index (χ4n) is 2.01. The quantitative estimate of drug-likeness (QED) is 0.674. The molecule has 0 spiro atoms. The van der Waals surface area contributed by atoms with Gasteiger partial charge in [0, 0.05) is 19.2 Å². The molecule has 3 unspecified atom stereocenters. The van der Waals surface area contributed by atoms with Crippen LogP contribution < -0.4 is 0 Å². The van der Waals surface area contributed by atoms with Crippen LogP contribution in [-0.2, 0) is 4.74 Å². The van der Waals surface area contributed by atoms with Crippen LogP contribution in [0.3, 0.4) is 0 Å². The molecule has 0 amide bonds. The monoisotopic (exact) mass is 217 g/mol. The summed E-state index contributed by atoms with van der Waals surface area (Å²) in [6, 6.07) is 0.599. The largest absolute Gasteiger partial charge is 0.391 e. The molecule has 3 nitrogen and oxygen atoms in total. The highest BCUT2D eigenvalue weighted by molar-refractivity contribution is 4.79. The van der Waals surface area contributed by atoms with Crippen molar-refractivity contribution in [3.63, 3.8) is 0 Å². The number of aliphatic hydroxyl groups excluding tert-OH is 1. The van der Waals surface area contributed by atoms with Gasteiger partial charge in [0.25, 0.3) is 0 Å². The van der Waals surface area contributed by atoms with Gasteiger partial charge in [-0.2, -0.15) is 0 Å². The average molecular weight is 217 g/mol. The summed E-state index contributed by atoms with van der Waals surface area (Å²) in [5.74, 6) is 0. The molecule has 1 N–H and O–H groups in total. The number of likely N-dealkylation sites (N-methyl/N-ethyl adjacent to an activating group) is 1. The first kappa shape index (κ1) is 14.9. The summed E-state index contributed by atoms with van der Waals surface area (Å²) in [5.41, 5.74) is 0. The van der Waals surface area contributed by atoms with E-state index in [-0.39, 0.29) is 12.1 Å². The Kier molecular flexibility index (Phi) is 8.02. The molecule has 0 bridgehead atoms. The molecule has 0 saturated heterocycles. The van der Waals surface area contributed by atoms with Crippen molar-refractivity contribution >= 4 is 0 Å². The van der Waals surface area contributed by atoms with Gasteiger partial charge in [0.05, 0.1) is 12.7 Å². The van der Waals surface area contributed by atoms with Crippen molar-refractivity contribution in [2.24, 2.45) is 0 Å². The Bertz CT molecular complexity index is 153. The van der Waals surface area contributed by atoms with Gasteiger partial charge in [0.15, 0.2) is 0 Å². The van der Waals surface area contributed by atoms with E-state index < -0.39 is 0 Å². The Morgan fingerprint density at radius 1 is 1.33 bits per heavy atom. The van der Waals surface area contributed by atoms with Crippen molar-refractivity contribution < 1.29 is 9.84 Å². The molecule has 3 atom stereocenters. The molecule has 3 heteroatoms. The molecule has 0 radical (unpaired) electrons. The van der Waals surface area contributed by atoms with Crippen molar-refractivity contribution in [3.05, 3.63) is 0 Å². The van der Waals surface area contributed by atoms with Gasteiger partial charge in [-0.25, -0.2) is 0 Å². The average Bonchev–Trinajstić information content (AvgIpc) is 2.19. The first-order valence-electron chi connectivity index (χ1n) is 5.97. The third-order valence-corrected chi connectivity index (χ3v) is 3.07. The van der Waals surface area contributed by atoms with Crippen LogP contribution in [0.1, 0.15) is 40.0 Å². The van der Waals surface area contributed by atoms with E-state index in [2.05, 4.69) is 32.7 Å². The van der Waals surface area contributed by atoms with Gasteiger partial charge in [-0.15, -0.1) is 0 Å². The first-order chi connectivity index (χ1) is 7.08. The minimum atomic E-state index is -0.218. The van der Waals surface area contributed by atoms with Crippen molar-refractivity contribution in [1.29, 1.82) is 0 Å². The number of hydrogen-bond acceptors (Lipinski definition) is 3. The zero-order valence-corrected chi connectivity index (χ0v) is 10.9. The lowest BCUT2D eigenvalue weighted by molar-refractivity contribution is 0.0152. The first-order valence-corrected chi connectivity index (χ1v) is 5.97. The number of rotatable bonds is 8. The van der Waals surface area contributed by atoms with E-state index in [0.29, 0.717) is 12.6 Å². The molecule has 0 rings (SSSR count). The maximum atomic E-state index is 10.0. The second-order valence-electron chi connectivity index (χ2n) is 4.30. The minimum absolute atomic E-state index is 0.218. The Labute approximate surface area is 94.4 Å². The van der Waals surface area contributed by atoms with E-state index >= 15 is 0 Å². The molecule has 0 aliphatic heterocycles. The highest BCUT2D eigenvalue weighted by Gasteiger charge is 2.24. The van der Waals surface area contributed by atoms with Crippen LogP contribution in [0.4, 0.5) is 0 Å². The smallest absolute Gasteiger partial charge is 0.0695 e. The van der Waals surface area contributed by atoms with Gasteiger partial charge < -0.3 is 9.84 Å². The maximum Gasteiger partial charge on any atom is 0.0695 e. The van der Waals surface area contributed by atoms with Crippen LogP contribution in [-0.4, -0.2) is 49.0 Å². The van der Waals surface area contributed by atoms with E-state index in [1.165, 1.54) is 0 Å². The number of ether oxygens (including phenoxy) is 1. The van der Waals surface area contributed by atoms with Gasteiger partial charge in [-0.1, -0.05) is 20.3 Å². The molecule has 0 aromatic heterocycles. The molecule has 0 aliphatic carbocycles. The van der Waals surface area contributed by atoms with Crippen LogP contribution in [0.5, 0.6) is 0 Å². The Morgan fingerprint density at radius 2 is 1.93 bits per heavy atom. The number of methoxy groups -OCH3 is 1. The van der Waals surface area contributed by atoms with E-state index in [1.807, 2.05) is 0 Å². The fraction of sp³-hybridized carbons (Fsp3) is 1.00. The van der Waals surface area contributed by atoms with E-state index in [1.54, 1.807) is 7.11 Å². The van der Waals surface area contributed by atoms with Gasteiger partial charge >= 0.3 is 0 Å². The van der Waals surface area contributed by atoms with E-state index in [9.17, 15) is 5.11 Å². The highest BCUT2D eigenvalue weighted by Crippen LogP contribution is 2.14. The van der Waals surface area contributed by atoms with Gasteiger partial charge in [-0.3, -0.25) is 4.90 Å². The van der Waals surface area contributed by atoms with Crippen LogP contribution in [0, 0.1) is 0 Å². The lowest BCUT2D eigenvalue weighted by atomic mass is 10.0. The Morgan fingerprint density at radius 3 is 2.33 bits per heavy atom. The van der Waals surface area contributed by atoms with Crippen molar-refractivity contribution in [3.8, 4) is 0 Å². The number of nitrogens with zero attached hydrogens (tertiary/aromatic N) is 1. The maximum absolute atomic E-state index is 10.0. The zero-order chi connectivity index (χ0) is 11.8. The Hall–Kier alpha value is -0.120. The molecule has 0 fully saturated rings. The van der Waals surface area contributed by atoms with Gasteiger partial charge in [0.2, 0.25) is 0 Å². The third-order valence-electron chi connectivity index (χ3n) is 3.07. The molecule has 92 valence electrons. The van der Waals surface area contributed by atoms with Crippen LogP contribution >= 0.6 is 0 Å². The lowest BCUT2D eigenvalue weighted by Gasteiger charge is -2.35. The normalized spacial score (nSPS) is 17.8. The molecule has 0 saturated carbocycles. The topological polar surface area (TPSA) is 32.7 Å².